The fraction of sp³-hybridized carbons (Fsp3) is 0.167. The number of carbonyl (C=O) groups is 2. The Morgan fingerprint density at radius 1 is 0.933 bits per heavy atom. The third-order valence-electron chi connectivity index (χ3n) is 4.46. The highest BCUT2D eigenvalue weighted by Gasteiger charge is 2.13. The van der Waals surface area contributed by atoms with E-state index in [4.69, 9.17) is 4.74 Å². The largest absolute Gasteiger partial charge is 0.496 e. The van der Waals surface area contributed by atoms with Gasteiger partial charge in [-0.05, 0) is 37.3 Å². The Morgan fingerprint density at radius 2 is 1.63 bits per heavy atom. The molecule has 0 bridgehead atoms. The van der Waals surface area contributed by atoms with Crippen LogP contribution in [-0.4, -0.2) is 24.7 Å². The summed E-state index contributed by atoms with van der Waals surface area (Å²) < 4.78 is 5.33. The lowest BCUT2D eigenvalue weighted by Gasteiger charge is -2.12. The summed E-state index contributed by atoms with van der Waals surface area (Å²) in [5.41, 5.74) is 3.33. The standard InChI is InChI=1S/C24H24N2O3S/c1-17-11-13-19(14-12-17)26-23(27)16-30-22-10-6-4-8-20(22)24(28)25-15-18-7-3-5-9-21(18)29-2/h3-14H,15-16H2,1-2H3,(H,25,28)(H,26,27). The summed E-state index contributed by atoms with van der Waals surface area (Å²) in [6.07, 6.45) is 0. The van der Waals surface area contributed by atoms with Crippen molar-refractivity contribution in [2.24, 2.45) is 0 Å². The lowest BCUT2D eigenvalue weighted by atomic mass is 10.1. The molecule has 0 heterocycles. The minimum atomic E-state index is -0.192. The van der Waals surface area contributed by atoms with Crippen LogP contribution in [0.3, 0.4) is 0 Å². The molecule has 0 aliphatic heterocycles. The molecule has 30 heavy (non-hydrogen) atoms. The number of nitrogens with one attached hydrogen (secondary N) is 2. The van der Waals surface area contributed by atoms with Crippen molar-refractivity contribution >= 4 is 29.3 Å². The first-order valence-electron chi connectivity index (χ1n) is 9.55. The van der Waals surface area contributed by atoms with Crippen molar-refractivity contribution < 1.29 is 14.3 Å². The van der Waals surface area contributed by atoms with Crippen molar-refractivity contribution in [2.45, 2.75) is 18.4 Å². The fourth-order valence-electron chi connectivity index (χ4n) is 2.88. The summed E-state index contributed by atoms with van der Waals surface area (Å²) in [7, 11) is 1.61. The Kier molecular flexibility index (Phi) is 7.51. The molecule has 0 aliphatic carbocycles. The third-order valence-corrected chi connectivity index (χ3v) is 5.53. The smallest absolute Gasteiger partial charge is 0.252 e. The first kappa shape index (κ1) is 21.5. The molecular weight excluding hydrogens is 396 g/mol. The zero-order valence-corrected chi connectivity index (χ0v) is 17.8. The van der Waals surface area contributed by atoms with Crippen molar-refractivity contribution in [1.29, 1.82) is 0 Å². The molecular formula is C24H24N2O3S. The van der Waals surface area contributed by atoms with Crippen LogP contribution in [0.1, 0.15) is 21.5 Å². The first-order chi connectivity index (χ1) is 14.6. The molecule has 3 aromatic carbocycles. The summed E-state index contributed by atoms with van der Waals surface area (Å²) >= 11 is 1.34. The van der Waals surface area contributed by atoms with Crippen LogP contribution in [-0.2, 0) is 11.3 Å². The molecule has 0 atom stereocenters. The Morgan fingerprint density at radius 3 is 2.40 bits per heavy atom. The first-order valence-corrected chi connectivity index (χ1v) is 10.5. The summed E-state index contributed by atoms with van der Waals surface area (Å²) in [4.78, 5) is 25.8. The van der Waals surface area contributed by atoms with E-state index in [1.807, 2.05) is 73.7 Å². The summed E-state index contributed by atoms with van der Waals surface area (Å²) in [5, 5.41) is 5.80. The topological polar surface area (TPSA) is 67.4 Å². The van der Waals surface area contributed by atoms with Gasteiger partial charge in [0.2, 0.25) is 5.91 Å². The number of rotatable bonds is 8. The third kappa shape index (κ3) is 5.87. The van der Waals surface area contributed by atoms with Crippen LogP contribution in [0.5, 0.6) is 5.75 Å². The van der Waals surface area contributed by atoms with E-state index in [-0.39, 0.29) is 17.6 Å². The normalized spacial score (nSPS) is 10.3. The maximum absolute atomic E-state index is 12.7. The highest BCUT2D eigenvalue weighted by molar-refractivity contribution is 8.00. The molecule has 6 heteroatoms. The zero-order valence-electron chi connectivity index (χ0n) is 17.0. The van der Waals surface area contributed by atoms with E-state index >= 15 is 0 Å². The fourth-order valence-corrected chi connectivity index (χ4v) is 3.73. The van der Waals surface area contributed by atoms with Crippen LogP contribution < -0.4 is 15.4 Å². The van der Waals surface area contributed by atoms with Gasteiger partial charge in [-0.25, -0.2) is 0 Å². The molecule has 5 nitrogen and oxygen atoms in total. The molecule has 0 unspecified atom stereocenters. The van der Waals surface area contributed by atoms with Gasteiger partial charge in [0.05, 0.1) is 18.4 Å². The van der Waals surface area contributed by atoms with Crippen molar-refractivity contribution in [3.05, 3.63) is 89.5 Å². The number of para-hydroxylation sites is 1. The van der Waals surface area contributed by atoms with Gasteiger partial charge in [0.25, 0.3) is 5.91 Å². The minimum Gasteiger partial charge on any atom is -0.496 e. The predicted octanol–water partition coefficient (Wildman–Crippen LogP) is 4.66. The molecule has 0 aliphatic rings. The zero-order chi connectivity index (χ0) is 21.3. The summed E-state index contributed by atoms with van der Waals surface area (Å²) in [5.74, 6) is 0.634. The van der Waals surface area contributed by atoms with Gasteiger partial charge in [-0.1, -0.05) is 48.0 Å². The molecule has 0 spiro atoms. The van der Waals surface area contributed by atoms with Crippen molar-refractivity contribution in [2.75, 3.05) is 18.2 Å². The summed E-state index contributed by atoms with van der Waals surface area (Å²) in [6, 6.07) is 22.5. The van der Waals surface area contributed by atoms with Gasteiger partial charge in [0.1, 0.15) is 5.75 Å². The van der Waals surface area contributed by atoms with Crippen LogP contribution in [0.2, 0.25) is 0 Å². The Bertz CT molecular complexity index is 1020. The van der Waals surface area contributed by atoms with E-state index in [1.54, 1.807) is 13.2 Å². The second-order valence-electron chi connectivity index (χ2n) is 6.69. The second-order valence-corrected chi connectivity index (χ2v) is 7.71. The van der Waals surface area contributed by atoms with E-state index < -0.39 is 0 Å². The molecule has 0 aromatic heterocycles. The molecule has 0 radical (unpaired) electrons. The lowest BCUT2D eigenvalue weighted by Crippen LogP contribution is -2.24. The van der Waals surface area contributed by atoms with Gasteiger partial charge in [0, 0.05) is 22.7 Å². The summed E-state index contributed by atoms with van der Waals surface area (Å²) in [6.45, 7) is 2.35. The highest BCUT2D eigenvalue weighted by atomic mass is 32.2. The number of hydrogen-bond acceptors (Lipinski definition) is 4. The number of hydrogen-bond donors (Lipinski definition) is 2. The van der Waals surface area contributed by atoms with Gasteiger partial charge in [0.15, 0.2) is 0 Å². The minimum absolute atomic E-state index is 0.118. The van der Waals surface area contributed by atoms with E-state index in [9.17, 15) is 9.59 Å². The number of amides is 2. The molecule has 0 saturated heterocycles. The average molecular weight is 421 g/mol. The van der Waals surface area contributed by atoms with Gasteiger partial charge in [-0.15, -0.1) is 11.8 Å². The molecule has 0 saturated carbocycles. The number of benzene rings is 3. The number of methoxy groups -OCH3 is 1. The van der Waals surface area contributed by atoms with E-state index in [2.05, 4.69) is 10.6 Å². The predicted molar refractivity (Wildman–Crippen MR) is 121 cm³/mol. The van der Waals surface area contributed by atoms with Gasteiger partial charge in [-0.2, -0.15) is 0 Å². The number of aryl methyl sites for hydroxylation is 1. The molecule has 2 N–H and O–H groups in total. The van der Waals surface area contributed by atoms with E-state index in [0.29, 0.717) is 12.1 Å². The molecule has 3 rings (SSSR count). The van der Waals surface area contributed by atoms with Crippen LogP contribution >= 0.6 is 11.8 Å². The Labute approximate surface area is 180 Å². The molecule has 154 valence electrons. The van der Waals surface area contributed by atoms with E-state index in [1.165, 1.54) is 11.8 Å². The number of thioether (sulfide) groups is 1. The van der Waals surface area contributed by atoms with E-state index in [0.717, 1.165) is 27.5 Å². The number of ether oxygens (including phenoxy) is 1. The molecule has 2 amide bonds. The number of carbonyl (C=O) groups excluding carboxylic acids is 2. The Hall–Kier alpha value is -3.25. The van der Waals surface area contributed by atoms with Crippen molar-refractivity contribution in [3.8, 4) is 5.75 Å². The van der Waals surface area contributed by atoms with Crippen molar-refractivity contribution in [1.82, 2.24) is 5.32 Å². The van der Waals surface area contributed by atoms with Crippen LogP contribution in [0.15, 0.2) is 77.7 Å². The maximum atomic E-state index is 12.7. The van der Waals surface area contributed by atoms with Crippen molar-refractivity contribution in [3.63, 3.8) is 0 Å². The molecule has 0 fully saturated rings. The van der Waals surface area contributed by atoms with Crippen LogP contribution in [0.25, 0.3) is 0 Å². The van der Waals surface area contributed by atoms with Gasteiger partial charge in [-0.3, -0.25) is 9.59 Å². The van der Waals surface area contributed by atoms with Crippen LogP contribution in [0, 0.1) is 6.92 Å². The second kappa shape index (κ2) is 10.5. The lowest BCUT2D eigenvalue weighted by molar-refractivity contribution is -0.113. The Balaban J connectivity index is 1.60. The maximum Gasteiger partial charge on any atom is 0.252 e. The average Bonchev–Trinajstić information content (AvgIpc) is 2.78. The monoisotopic (exact) mass is 420 g/mol. The molecule has 3 aromatic rings. The highest BCUT2D eigenvalue weighted by Crippen LogP contribution is 2.23. The quantitative estimate of drug-likeness (QED) is 0.520. The van der Waals surface area contributed by atoms with Gasteiger partial charge >= 0.3 is 0 Å². The van der Waals surface area contributed by atoms with Crippen LogP contribution in [0.4, 0.5) is 5.69 Å². The number of anilines is 1. The SMILES string of the molecule is COc1ccccc1CNC(=O)c1ccccc1SCC(=O)Nc1ccc(C)cc1. The van der Waals surface area contributed by atoms with Gasteiger partial charge < -0.3 is 15.4 Å².